The lowest BCUT2D eigenvalue weighted by Crippen LogP contribution is -3.13. The zero-order chi connectivity index (χ0) is 16.1. The zero-order valence-electron chi connectivity index (χ0n) is 12.9. The van der Waals surface area contributed by atoms with E-state index < -0.39 is 0 Å². The number of nitrogens with zero attached hydrogens (tertiary/aromatic N) is 2. The summed E-state index contributed by atoms with van der Waals surface area (Å²) in [5.74, 6) is -0.338. The van der Waals surface area contributed by atoms with Crippen molar-refractivity contribution in [2.75, 3.05) is 26.2 Å². The maximum atomic E-state index is 13.7. The fourth-order valence-corrected chi connectivity index (χ4v) is 2.97. The summed E-state index contributed by atoms with van der Waals surface area (Å²) >= 11 is 6.01. The summed E-state index contributed by atoms with van der Waals surface area (Å²) in [4.78, 5) is 1.55. The van der Waals surface area contributed by atoms with Gasteiger partial charge in [-0.05, 0) is 12.1 Å². The lowest BCUT2D eigenvalue weighted by molar-refractivity contribution is -0.918. The number of nitrogens with one attached hydrogen (secondary N) is 1. The van der Waals surface area contributed by atoms with Gasteiger partial charge in [-0.3, -0.25) is 5.01 Å². The molecule has 3 nitrogen and oxygen atoms in total. The van der Waals surface area contributed by atoms with Gasteiger partial charge in [0, 0.05) is 11.1 Å². The molecule has 5 heteroatoms. The average Bonchev–Trinajstić information content (AvgIpc) is 2.57. The van der Waals surface area contributed by atoms with Crippen molar-refractivity contribution < 1.29 is 9.29 Å². The topological polar surface area (TPSA) is 20.0 Å². The van der Waals surface area contributed by atoms with Crippen LogP contribution in [0, 0.1) is 5.82 Å². The Kier molecular flexibility index (Phi) is 5.26. The highest BCUT2D eigenvalue weighted by Crippen LogP contribution is 2.16. The molecule has 2 aromatic carbocycles. The highest BCUT2D eigenvalue weighted by molar-refractivity contribution is 6.33. The molecule has 0 spiro atoms. The van der Waals surface area contributed by atoms with Crippen LogP contribution in [0.4, 0.5) is 4.39 Å². The Morgan fingerprint density at radius 1 is 1.09 bits per heavy atom. The molecule has 3 rings (SSSR count). The van der Waals surface area contributed by atoms with Crippen molar-refractivity contribution in [3.8, 4) is 0 Å². The van der Waals surface area contributed by atoms with Crippen LogP contribution < -0.4 is 4.90 Å². The Hall–Kier alpha value is -1.91. The summed E-state index contributed by atoms with van der Waals surface area (Å²) in [5, 5.41) is 6.76. The standard InChI is InChI=1S/C18H19ClFN3/c19-17-7-4-8-18(20)16(17)13-21-23-11-9-22(10-12-23)14-15-5-2-1-3-6-15/h1-8,13H,9-12,14H2/p+1. The molecule has 1 N–H and O–H groups in total. The number of hydrazone groups is 1. The molecule has 2 aromatic rings. The van der Waals surface area contributed by atoms with E-state index in [4.69, 9.17) is 11.6 Å². The smallest absolute Gasteiger partial charge is 0.133 e. The molecular weight excluding hydrogens is 313 g/mol. The van der Waals surface area contributed by atoms with Crippen LogP contribution in [0.2, 0.25) is 5.02 Å². The number of piperazine rings is 1. The van der Waals surface area contributed by atoms with Crippen LogP contribution in [0.3, 0.4) is 0 Å². The molecular formula is C18H20ClFN3+. The molecule has 120 valence electrons. The second kappa shape index (κ2) is 7.57. The highest BCUT2D eigenvalue weighted by Gasteiger charge is 2.18. The van der Waals surface area contributed by atoms with Gasteiger partial charge in [0.15, 0.2) is 0 Å². The molecule has 1 aliphatic heterocycles. The first-order valence-corrected chi connectivity index (χ1v) is 8.20. The normalized spacial score (nSPS) is 16.2. The largest absolute Gasteiger partial charge is 0.328 e. The maximum Gasteiger partial charge on any atom is 0.133 e. The predicted octanol–water partition coefficient (Wildman–Crippen LogP) is 2.21. The molecule has 23 heavy (non-hydrogen) atoms. The fraction of sp³-hybridized carbons (Fsp3) is 0.278. The van der Waals surface area contributed by atoms with Crippen LogP contribution in [0.15, 0.2) is 53.6 Å². The van der Waals surface area contributed by atoms with E-state index in [9.17, 15) is 4.39 Å². The van der Waals surface area contributed by atoms with E-state index >= 15 is 0 Å². The second-order valence-corrected chi connectivity index (χ2v) is 6.15. The van der Waals surface area contributed by atoms with Gasteiger partial charge in [0.25, 0.3) is 0 Å². The van der Waals surface area contributed by atoms with Crippen LogP contribution in [-0.4, -0.2) is 37.4 Å². The van der Waals surface area contributed by atoms with Crippen molar-refractivity contribution in [3.05, 3.63) is 70.5 Å². The molecule has 0 aliphatic carbocycles. The number of quaternary nitrogens is 1. The van der Waals surface area contributed by atoms with E-state index in [1.54, 1.807) is 17.0 Å². The number of halogens is 2. The van der Waals surface area contributed by atoms with Crippen LogP contribution in [-0.2, 0) is 6.54 Å². The van der Waals surface area contributed by atoms with Gasteiger partial charge in [-0.1, -0.05) is 48.0 Å². The maximum absolute atomic E-state index is 13.7. The Bertz CT molecular complexity index is 647. The van der Waals surface area contributed by atoms with Gasteiger partial charge in [-0.15, -0.1) is 0 Å². The predicted molar refractivity (Wildman–Crippen MR) is 91.4 cm³/mol. The van der Waals surface area contributed by atoms with Crippen molar-refractivity contribution in [2.45, 2.75) is 6.54 Å². The minimum absolute atomic E-state index is 0.338. The van der Waals surface area contributed by atoms with Gasteiger partial charge in [-0.2, -0.15) is 5.10 Å². The van der Waals surface area contributed by atoms with E-state index in [1.807, 2.05) is 11.1 Å². The third kappa shape index (κ3) is 4.30. The molecule has 0 unspecified atom stereocenters. The van der Waals surface area contributed by atoms with Crippen LogP contribution >= 0.6 is 11.6 Å². The summed E-state index contributed by atoms with van der Waals surface area (Å²) < 4.78 is 13.7. The Labute approximate surface area is 141 Å². The number of benzene rings is 2. The van der Waals surface area contributed by atoms with Crippen molar-refractivity contribution in [1.82, 2.24) is 5.01 Å². The Morgan fingerprint density at radius 2 is 1.83 bits per heavy atom. The van der Waals surface area contributed by atoms with Gasteiger partial charge in [-0.25, -0.2) is 4.39 Å². The number of hydrogen-bond donors (Lipinski definition) is 1. The summed E-state index contributed by atoms with van der Waals surface area (Å²) in [5.41, 5.74) is 1.71. The first-order valence-electron chi connectivity index (χ1n) is 7.83. The highest BCUT2D eigenvalue weighted by atomic mass is 35.5. The van der Waals surface area contributed by atoms with Gasteiger partial charge in [0.05, 0.1) is 37.4 Å². The van der Waals surface area contributed by atoms with Gasteiger partial charge in [0.2, 0.25) is 0 Å². The minimum Gasteiger partial charge on any atom is -0.328 e. The summed E-state index contributed by atoms with van der Waals surface area (Å²) in [6.45, 7) is 4.82. The molecule has 0 atom stereocenters. The molecule has 0 aromatic heterocycles. The summed E-state index contributed by atoms with van der Waals surface area (Å²) in [7, 11) is 0. The van der Waals surface area contributed by atoms with E-state index in [1.165, 1.54) is 17.8 Å². The Balaban J connectivity index is 1.54. The molecule has 0 amide bonds. The molecule has 0 bridgehead atoms. The van der Waals surface area contributed by atoms with E-state index in [0.717, 1.165) is 32.7 Å². The van der Waals surface area contributed by atoms with Crippen LogP contribution in [0.1, 0.15) is 11.1 Å². The molecule has 0 radical (unpaired) electrons. The average molecular weight is 333 g/mol. The third-order valence-corrected chi connectivity index (χ3v) is 4.42. The number of rotatable bonds is 4. The lowest BCUT2D eigenvalue weighted by Gasteiger charge is -2.30. The van der Waals surface area contributed by atoms with E-state index in [0.29, 0.717) is 10.6 Å². The molecule has 1 fully saturated rings. The van der Waals surface area contributed by atoms with Gasteiger partial charge >= 0.3 is 0 Å². The lowest BCUT2D eigenvalue weighted by atomic mass is 10.2. The van der Waals surface area contributed by atoms with E-state index in [-0.39, 0.29) is 5.82 Å². The molecule has 1 heterocycles. The number of hydrogen-bond acceptors (Lipinski definition) is 2. The molecule has 1 aliphatic rings. The SMILES string of the molecule is Fc1cccc(Cl)c1C=NN1CC[NH+](Cc2ccccc2)CC1. The minimum atomic E-state index is -0.338. The fourth-order valence-electron chi connectivity index (χ4n) is 2.76. The third-order valence-electron chi connectivity index (χ3n) is 4.09. The van der Waals surface area contributed by atoms with Crippen molar-refractivity contribution in [2.24, 2.45) is 5.10 Å². The summed E-state index contributed by atoms with van der Waals surface area (Å²) in [6.07, 6.45) is 1.53. The van der Waals surface area contributed by atoms with Crippen molar-refractivity contribution in [1.29, 1.82) is 0 Å². The first kappa shape index (κ1) is 16.0. The van der Waals surface area contributed by atoms with Gasteiger partial charge < -0.3 is 4.90 Å². The van der Waals surface area contributed by atoms with E-state index in [2.05, 4.69) is 29.4 Å². The monoisotopic (exact) mass is 332 g/mol. The van der Waals surface area contributed by atoms with Crippen LogP contribution in [0.5, 0.6) is 0 Å². The van der Waals surface area contributed by atoms with Gasteiger partial charge in [0.1, 0.15) is 12.4 Å². The first-order chi connectivity index (χ1) is 11.2. The quantitative estimate of drug-likeness (QED) is 0.851. The molecule has 1 saturated heterocycles. The Morgan fingerprint density at radius 3 is 2.52 bits per heavy atom. The van der Waals surface area contributed by atoms with Crippen LogP contribution in [0.25, 0.3) is 0 Å². The molecule has 0 saturated carbocycles. The van der Waals surface area contributed by atoms with Crippen molar-refractivity contribution in [3.63, 3.8) is 0 Å². The summed E-state index contributed by atoms with van der Waals surface area (Å²) in [6, 6.07) is 15.2. The van der Waals surface area contributed by atoms with Crippen molar-refractivity contribution >= 4 is 17.8 Å². The zero-order valence-corrected chi connectivity index (χ0v) is 13.6. The second-order valence-electron chi connectivity index (χ2n) is 5.75.